The zero-order valence-electron chi connectivity index (χ0n) is 5.76. The molecule has 1 heterocycles. The van der Waals surface area contributed by atoms with Crippen LogP contribution in [0, 0.1) is 13.8 Å². The summed E-state index contributed by atoms with van der Waals surface area (Å²) in [4.78, 5) is 0. The minimum atomic E-state index is 0.924. The van der Waals surface area contributed by atoms with Crippen molar-refractivity contribution in [3.8, 4) is 5.06 Å². The molecule has 0 aliphatic carbocycles. The van der Waals surface area contributed by atoms with Crippen molar-refractivity contribution >= 4 is 11.5 Å². The van der Waals surface area contributed by atoms with Gasteiger partial charge in [0.15, 0.2) is 5.06 Å². The molecular formula is C6H9NOS. The highest BCUT2D eigenvalue weighted by molar-refractivity contribution is 7.08. The first kappa shape index (κ1) is 6.55. The third-order valence-corrected chi connectivity index (χ3v) is 2.30. The van der Waals surface area contributed by atoms with Gasteiger partial charge in [-0.1, -0.05) is 0 Å². The summed E-state index contributed by atoms with van der Waals surface area (Å²) < 4.78 is 9.13. The van der Waals surface area contributed by atoms with Crippen LogP contribution in [0.3, 0.4) is 0 Å². The van der Waals surface area contributed by atoms with Crippen LogP contribution in [0.15, 0.2) is 0 Å². The highest BCUT2D eigenvalue weighted by atomic mass is 32.1. The molecule has 0 N–H and O–H groups in total. The van der Waals surface area contributed by atoms with Crippen molar-refractivity contribution in [1.82, 2.24) is 4.37 Å². The van der Waals surface area contributed by atoms with Gasteiger partial charge in [0.05, 0.1) is 12.8 Å². The Bertz CT molecular complexity index is 207. The topological polar surface area (TPSA) is 22.1 Å². The third-order valence-electron chi connectivity index (χ3n) is 1.30. The smallest absolute Gasteiger partial charge is 0.196 e. The number of aryl methyl sites for hydroxylation is 1. The maximum absolute atomic E-state index is 5.02. The zero-order chi connectivity index (χ0) is 6.85. The molecule has 0 atom stereocenters. The maximum atomic E-state index is 5.02. The second-order valence-electron chi connectivity index (χ2n) is 1.88. The van der Waals surface area contributed by atoms with Crippen molar-refractivity contribution in [2.45, 2.75) is 13.8 Å². The fourth-order valence-corrected chi connectivity index (χ4v) is 1.30. The fourth-order valence-electron chi connectivity index (χ4n) is 0.585. The second kappa shape index (κ2) is 2.35. The van der Waals surface area contributed by atoms with Gasteiger partial charge in [-0.3, -0.25) is 0 Å². The molecule has 3 heteroatoms. The lowest BCUT2D eigenvalue weighted by Crippen LogP contribution is -1.80. The Balaban J connectivity index is 3.04. The van der Waals surface area contributed by atoms with Crippen LogP contribution in [-0.2, 0) is 0 Å². The highest BCUT2D eigenvalue weighted by Gasteiger charge is 2.03. The predicted octanol–water partition coefficient (Wildman–Crippen LogP) is 1.77. The molecule has 0 amide bonds. The fraction of sp³-hybridized carbons (Fsp3) is 0.500. The van der Waals surface area contributed by atoms with Gasteiger partial charge in [0.2, 0.25) is 0 Å². The summed E-state index contributed by atoms with van der Waals surface area (Å²) in [5, 5.41) is 0.924. The lowest BCUT2D eigenvalue weighted by molar-refractivity contribution is 0.424. The minimum Gasteiger partial charge on any atom is -0.486 e. The SMILES string of the molecule is COc1snc(C)c1C. The summed E-state index contributed by atoms with van der Waals surface area (Å²) in [5.74, 6) is 0. The molecule has 0 bridgehead atoms. The van der Waals surface area contributed by atoms with Gasteiger partial charge in [0.1, 0.15) is 0 Å². The molecular weight excluding hydrogens is 134 g/mol. The first-order valence-electron chi connectivity index (χ1n) is 2.72. The van der Waals surface area contributed by atoms with Crippen molar-refractivity contribution in [2.24, 2.45) is 0 Å². The van der Waals surface area contributed by atoms with Crippen LogP contribution in [0.2, 0.25) is 0 Å². The molecule has 0 spiro atoms. The van der Waals surface area contributed by atoms with Crippen molar-refractivity contribution in [3.05, 3.63) is 11.3 Å². The molecule has 0 aromatic carbocycles. The molecule has 2 nitrogen and oxygen atoms in total. The molecule has 1 rings (SSSR count). The molecule has 0 radical (unpaired) electrons. The van der Waals surface area contributed by atoms with E-state index in [-0.39, 0.29) is 0 Å². The lowest BCUT2D eigenvalue weighted by Gasteiger charge is -1.92. The van der Waals surface area contributed by atoms with E-state index >= 15 is 0 Å². The van der Waals surface area contributed by atoms with Crippen molar-refractivity contribution < 1.29 is 4.74 Å². The standard InChI is InChI=1S/C6H9NOS/c1-4-5(2)7-9-6(4)8-3/h1-3H3. The van der Waals surface area contributed by atoms with Gasteiger partial charge >= 0.3 is 0 Å². The van der Waals surface area contributed by atoms with Gasteiger partial charge in [0.25, 0.3) is 0 Å². The highest BCUT2D eigenvalue weighted by Crippen LogP contribution is 2.24. The Labute approximate surface area is 58.6 Å². The van der Waals surface area contributed by atoms with Gasteiger partial charge in [0, 0.05) is 17.1 Å². The number of aromatic nitrogens is 1. The van der Waals surface area contributed by atoms with E-state index in [0.717, 1.165) is 16.3 Å². The van der Waals surface area contributed by atoms with Gasteiger partial charge in [-0.2, -0.15) is 4.37 Å². The molecule has 0 saturated heterocycles. The average Bonchev–Trinajstić information content (AvgIpc) is 2.15. The third kappa shape index (κ3) is 1.05. The van der Waals surface area contributed by atoms with Gasteiger partial charge in [-0.15, -0.1) is 0 Å². The summed E-state index contributed by atoms with van der Waals surface area (Å²) in [5.41, 5.74) is 2.22. The molecule has 0 unspecified atom stereocenters. The number of nitrogens with zero attached hydrogens (tertiary/aromatic N) is 1. The monoisotopic (exact) mass is 143 g/mol. The summed E-state index contributed by atoms with van der Waals surface area (Å²) in [6.45, 7) is 3.99. The summed E-state index contributed by atoms with van der Waals surface area (Å²) in [7, 11) is 1.67. The van der Waals surface area contributed by atoms with E-state index in [1.807, 2.05) is 13.8 Å². The van der Waals surface area contributed by atoms with Gasteiger partial charge in [-0.05, 0) is 13.8 Å². The number of ether oxygens (including phenoxy) is 1. The van der Waals surface area contributed by atoms with Crippen LogP contribution in [0.25, 0.3) is 0 Å². The van der Waals surface area contributed by atoms with Crippen LogP contribution < -0.4 is 4.74 Å². The number of rotatable bonds is 1. The summed E-state index contributed by atoms with van der Waals surface area (Å²) >= 11 is 1.40. The van der Waals surface area contributed by atoms with E-state index in [9.17, 15) is 0 Å². The van der Waals surface area contributed by atoms with E-state index < -0.39 is 0 Å². The number of hydrogen-bond acceptors (Lipinski definition) is 3. The number of hydrogen-bond donors (Lipinski definition) is 0. The van der Waals surface area contributed by atoms with Crippen molar-refractivity contribution in [2.75, 3.05) is 7.11 Å². The summed E-state index contributed by atoms with van der Waals surface area (Å²) in [6.07, 6.45) is 0. The molecule has 0 saturated carbocycles. The molecule has 0 fully saturated rings. The predicted molar refractivity (Wildman–Crippen MR) is 38.1 cm³/mol. The maximum Gasteiger partial charge on any atom is 0.196 e. The lowest BCUT2D eigenvalue weighted by atomic mass is 10.3. The average molecular weight is 143 g/mol. The van der Waals surface area contributed by atoms with E-state index in [4.69, 9.17) is 4.74 Å². The first-order valence-corrected chi connectivity index (χ1v) is 3.50. The Hall–Kier alpha value is -0.570. The van der Waals surface area contributed by atoms with Gasteiger partial charge < -0.3 is 4.74 Å². The minimum absolute atomic E-state index is 0.924. The summed E-state index contributed by atoms with van der Waals surface area (Å²) in [6, 6.07) is 0. The molecule has 9 heavy (non-hydrogen) atoms. The van der Waals surface area contributed by atoms with Crippen LogP contribution in [0.1, 0.15) is 11.3 Å². The Morgan fingerprint density at radius 1 is 1.44 bits per heavy atom. The number of methoxy groups -OCH3 is 1. The van der Waals surface area contributed by atoms with E-state index in [1.54, 1.807) is 7.11 Å². The Kier molecular flexibility index (Phi) is 1.71. The van der Waals surface area contributed by atoms with E-state index in [1.165, 1.54) is 11.5 Å². The van der Waals surface area contributed by atoms with Crippen molar-refractivity contribution in [3.63, 3.8) is 0 Å². The molecule has 1 aromatic rings. The second-order valence-corrected chi connectivity index (χ2v) is 2.62. The zero-order valence-corrected chi connectivity index (χ0v) is 6.58. The van der Waals surface area contributed by atoms with E-state index in [2.05, 4.69) is 4.37 Å². The Morgan fingerprint density at radius 2 is 2.11 bits per heavy atom. The van der Waals surface area contributed by atoms with E-state index in [0.29, 0.717) is 0 Å². The molecule has 0 aliphatic rings. The Morgan fingerprint density at radius 3 is 2.33 bits per heavy atom. The van der Waals surface area contributed by atoms with Crippen LogP contribution in [0.5, 0.6) is 5.06 Å². The van der Waals surface area contributed by atoms with Crippen LogP contribution >= 0.6 is 11.5 Å². The van der Waals surface area contributed by atoms with Crippen LogP contribution in [0.4, 0.5) is 0 Å². The molecule has 0 aliphatic heterocycles. The van der Waals surface area contributed by atoms with Crippen molar-refractivity contribution in [1.29, 1.82) is 0 Å². The van der Waals surface area contributed by atoms with Gasteiger partial charge in [-0.25, -0.2) is 0 Å². The first-order chi connectivity index (χ1) is 4.25. The van der Waals surface area contributed by atoms with Crippen LogP contribution in [-0.4, -0.2) is 11.5 Å². The quantitative estimate of drug-likeness (QED) is 0.597. The largest absolute Gasteiger partial charge is 0.486 e. The molecule has 50 valence electrons. The normalized spacial score (nSPS) is 9.67. The molecule has 1 aromatic heterocycles.